The van der Waals surface area contributed by atoms with E-state index in [4.69, 9.17) is 0 Å². The Morgan fingerprint density at radius 1 is 1.10 bits per heavy atom. The number of rotatable bonds is 6. The number of aryl methyl sites for hydroxylation is 1. The first-order chi connectivity index (χ1) is 15.0. The second-order valence-electron chi connectivity index (χ2n) is 7.41. The predicted octanol–water partition coefficient (Wildman–Crippen LogP) is 3.79. The Morgan fingerprint density at radius 3 is 2.35 bits per heavy atom. The molecular formula is C22H23N5O3S. The molecule has 0 saturated carbocycles. The standard InChI is InChI=1S/C22H23N5O3S/c1-16-23-21(15-31-16)17-2-4-18(5-3-17)24-22(28)14-25-10-12-26(13-11-25)19-6-8-20(9-7-19)27(29)30/h2-9,15H,10-14H2,1H3,(H,24,28). The topological polar surface area (TPSA) is 91.6 Å². The number of carbonyl (C=O) groups excluding carboxylic acids is 1. The van der Waals surface area contributed by atoms with Crippen LogP contribution < -0.4 is 10.2 Å². The summed E-state index contributed by atoms with van der Waals surface area (Å²) in [6.07, 6.45) is 0. The van der Waals surface area contributed by atoms with Crippen molar-refractivity contribution in [1.82, 2.24) is 9.88 Å². The lowest BCUT2D eigenvalue weighted by Crippen LogP contribution is -2.48. The maximum absolute atomic E-state index is 12.5. The molecule has 2 heterocycles. The molecule has 0 atom stereocenters. The number of non-ortho nitro benzene ring substituents is 1. The molecule has 0 radical (unpaired) electrons. The lowest BCUT2D eigenvalue weighted by Gasteiger charge is -2.35. The van der Waals surface area contributed by atoms with Crippen LogP contribution in [0.25, 0.3) is 11.3 Å². The van der Waals surface area contributed by atoms with Crippen LogP contribution in [0.2, 0.25) is 0 Å². The minimum absolute atomic E-state index is 0.0407. The van der Waals surface area contributed by atoms with Crippen molar-refractivity contribution in [2.24, 2.45) is 0 Å². The van der Waals surface area contributed by atoms with Crippen molar-refractivity contribution < 1.29 is 9.72 Å². The van der Waals surface area contributed by atoms with Crippen molar-refractivity contribution in [3.63, 3.8) is 0 Å². The number of amides is 1. The molecule has 9 heteroatoms. The third kappa shape index (κ3) is 5.25. The lowest BCUT2D eigenvalue weighted by atomic mass is 10.1. The van der Waals surface area contributed by atoms with E-state index in [0.29, 0.717) is 6.54 Å². The van der Waals surface area contributed by atoms with Gasteiger partial charge in [0.1, 0.15) is 0 Å². The highest BCUT2D eigenvalue weighted by Gasteiger charge is 2.20. The summed E-state index contributed by atoms with van der Waals surface area (Å²) in [7, 11) is 0. The molecule has 8 nitrogen and oxygen atoms in total. The van der Waals surface area contributed by atoms with Gasteiger partial charge in [-0.3, -0.25) is 19.8 Å². The number of hydrogen-bond acceptors (Lipinski definition) is 7. The average Bonchev–Trinajstić information content (AvgIpc) is 3.21. The van der Waals surface area contributed by atoms with Gasteiger partial charge in [-0.2, -0.15) is 0 Å². The fourth-order valence-electron chi connectivity index (χ4n) is 3.57. The molecule has 1 aliphatic heterocycles. The molecule has 1 aromatic heterocycles. The maximum Gasteiger partial charge on any atom is 0.269 e. The van der Waals surface area contributed by atoms with Crippen LogP contribution in [-0.4, -0.2) is 53.4 Å². The average molecular weight is 438 g/mol. The Kier molecular flexibility index (Phi) is 6.24. The minimum atomic E-state index is -0.395. The predicted molar refractivity (Wildman–Crippen MR) is 123 cm³/mol. The monoisotopic (exact) mass is 437 g/mol. The number of anilines is 2. The number of aromatic nitrogens is 1. The molecule has 31 heavy (non-hydrogen) atoms. The van der Waals surface area contributed by atoms with Crippen molar-refractivity contribution in [3.05, 3.63) is 69.0 Å². The third-order valence-electron chi connectivity index (χ3n) is 5.25. The number of carbonyl (C=O) groups is 1. The molecule has 2 aromatic carbocycles. The Bertz CT molecular complexity index is 1060. The number of nitrogens with one attached hydrogen (secondary N) is 1. The van der Waals surface area contributed by atoms with Gasteiger partial charge in [-0.15, -0.1) is 11.3 Å². The molecule has 160 valence electrons. The van der Waals surface area contributed by atoms with Gasteiger partial charge in [0, 0.05) is 60.6 Å². The summed E-state index contributed by atoms with van der Waals surface area (Å²) in [5.74, 6) is -0.0407. The molecule has 1 N–H and O–H groups in total. The van der Waals surface area contributed by atoms with Gasteiger partial charge in [-0.05, 0) is 31.2 Å². The Morgan fingerprint density at radius 2 is 1.77 bits per heavy atom. The normalized spacial score (nSPS) is 14.4. The summed E-state index contributed by atoms with van der Waals surface area (Å²) in [5.41, 5.74) is 3.81. The van der Waals surface area contributed by atoms with Crippen LogP contribution in [0.5, 0.6) is 0 Å². The van der Waals surface area contributed by atoms with E-state index >= 15 is 0 Å². The number of piperazine rings is 1. The van der Waals surface area contributed by atoms with E-state index in [9.17, 15) is 14.9 Å². The molecule has 1 saturated heterocycles. The molecule has 1 aliphatic rings. The fourth-order valence-corrected chi connectivity index (χ4v) is 4.20. The molecule has 4 rings (SSSR count). The number of benzene rings is 2. The van der Waals surface area contributed by atoms with Crippen molar-refractivity contribution in [2.75, 3.05) is 42.9 Å². The van der Waals surface area contributed by atoms with E-state index in [2.05, 4.69) is 20.1 Å². The maximum atomic E-state index is 12.5. The second kappa shape index (κ2) is 9.23. The zero-order chi connectivity index (χ0) is 21.8. The molecule has 3 aromatic rings. The largest absolute Gasteiger partial charge is 0.369 e. The van der Waals surface area contributed by atoms with E-state index in [0.717, 1.165) is 53.8 Å². The van der Waals surface area contributed by atoms with Crippen molar-refractivity contribution in [3.8, 4) is 11.3 Å². The fraction of sp³-hybridized carbons (Fsp3) is 0.273. The lowest BCUT2D eigenvalue weighted by molar-refractivity contribution is -0.384. The summed E-state index contributed by atoms with van der Waals surface area (Å²) in [4.78, 5) is 31.6. The van der Waals surface area contributed by atoms with E-state index in [1.807, 2.05) is 36.6 Å². The summed E-state index contributed by atoms with van der Waals surface area (Å²) >= 11 is 1.62. The number of thiazole rings is 1. The van der Waals surface area contributed by atoms with Crippen LogP contribution in [0.4, 0.5) is 17.1 Å². The van der Waals surface area contributed by atoms with Crippen molar-refractivity contribution >= 4 is 34.3 Å². The summed E-state index contributed by atoms with van der Waals surface area (Å²) in [6.45, 7) is 5.37. The van der Waals surface area contributed by atoms with Crippen molar-refractivity contribution in [2.45, 2.75) is 6.92 Å². The highest BCUT2D eigenvalue weighted by Crippen LogP contribution is 2.23. The molecule has 1 amide bonds. The molecular weight excluding hydrogens is 414 g/mol. The van der Waals surface area contributed by atoms with Gasteiger partial charge in [-0.25, -0.2) is 4.98 Å². The van der Waals surface area contributed by atoms with Gasteiger partial charge in [0.15, 0.2) is 0 Å². The van der Waals surface area contributed by atoms with Crippen LogP contribution in [0.1, 0.15) is 5.01 Å². The first kappa shape index (κ1) is 21.0. The van der Waals surface area contributed by atoms with Gasteiger partial charge >= 0.3 is 0 Å². The third-order valence-corrected chi connectivity index (χ3v) is 6.02. The summed E-state index contributed by atoms with van der Waals surface area (Å²) < 4.78 is 0. The minimum Gasteiger partial charge on any atom is -0.369 e. The van der Waals surface area contributed by atoms with Gasteiger partial charge < -0.3 is 10.2 Å². The smallest absolute Gasteiger partial charge is 0.269 e. The second-order valence-corrected chi connectivity index (χ2v) is 8.48. The van der Waals surface area contributed by atoms with Gasteiger partial charge in [-0.1, -0.05) is 12.1 Å². The number of nitro groups is 1. The van der Waals surface area contributed by atoms with E-state index < -0.39 is 4.92 Å². The molecule has 0 aliphatic carbocycles. The molecule has 0 spiro atoms. The highest BCUT2D eigenvalue weighted by atomic mass is 32.1. The molecule has 0 unspecified atom stereocenters. The van der Waals surface area contributed by atoms with Gasteiger partial charge in [0.25, 0.3) is 5.69 Å². The zero-order valence-corrected chi connectivity index (χ0v) is 18.0. The van der Waals surface area contributed by atoms with E-state index in [-0.39, 0.29) is 11.6 Å². The first-order valence-electron chi connectivity index (χ1n) is 10.0. The quantitative estimate of drug-likeness (QED) is 0.466. The zero-order valence-electron chi connectivity index (χ0n) is 17.2. The van der Waals surface area contributed by atoms with Gasteiger partial charge in [0.05, 0.1) is 22.2 Å². The Hall–Kier alpha value is -3.30. The number of nitrogens with zero attached hydrogens (tertiary/aromatic N) is 4. The van der Waals surface area contributed by atoms with Crippen LogP contribution in [-0.2, 0) is 4.79 Å². The van der Waals surface area contributed by atoms with E-state index in [1.54, 1.807) is 23.5 Å². The summed E-state index contributed by atoms with van der Waals surface area (Å²) in [5, 5.41) is 16.8. The number of hydrogen-bond donors (Lipinski definition) is 1. The number of nitro benzene ring substituents is 1. The molecule has 1 fully saturated rings. The summed E-state index contributed by atoms with van der Waals surface area (Å²) in [6, 6.07) is 14.3. The Labute approximate surface area is 184 Å². The van der Waals surface area contributed by atoms with Crippen LogP contribution in [0.3, 0.4) is 0 Å². The molecule has 0 bridgehead atoms. The van der Waals surface area contributed by atoms with Crippen LogP contribution in [0, 0.1) is 17.0 Å². The van der Waals surface area contributed by atoms with Crippen molar-refractivity contribution in [1.29, 1.82) is 0 Å². The Balaban J connectivity index is 1.26. The van der Waals surface area contributed by atoms with E-state index in [1.165, 1.54) is 12.1 Å². The van der Waals surface area contributed by atoms with Crippen LogP contribution >= 0.6 is 11.3 Å². The SMILES string of the molecule is Cc1nc(-c2ccc(NC(=O)CN3CCN(c4ccc([N+](=O)[O-])cc4)CC3)cc2)cs1. The first-order valence-corrected chi connectivity index (χ1v) is 10.9. The highest BCUT2D eigenvalue weighted by molar-refractivity contribution is 7.09. The van der Waals surface area contributed by atoms with Crippen LogP contribution in [0.15, 0.2) is 53.9 Å². The van der Waals surface area contributed by atoms with Gasteiger partial charge in [0.2, 0.25) is 5.91 Å².